The molecule has 2 aliphatic heterocycles. The fraction of sp³-hybridized carbons (Fsp3) is 0.520. The Hall–Kier alpha value is -2.60. The van der Waals surface area contributed by atoms with Gasteiger partial charge in [0, 0.05) is 12.2 Å². The van der Waals surface area contributed by atoms with Crippen LogP contribution in [0.2, 0.25) is 0 Å². The lowest BCUT2D eigenvalue weighted by atomic mass is 9.90. The highest BCUT2D eigenvalue weighted by atomic mass is 16.7. The highest BCUT2D eigenvalue weighted by Gasteiger charge is 2.44. The molecular formula is C25H32O10. The summed E-state index contributed by atoms with van der Waals surface area (Å²) in [5.74, 6) is 0.00182. The van der Waals surface area contributed by atoms with Crippen LogP contribution in [0.15, 0.2) is 30.3 Å². The molecule has 2 aromatic carbocycles. The molecule has 192 valence electrons. The molecule has 0 saturated carbocycles. The number of phenols is 2. The first-order valence-corrected chi connectivity index (χ1v) is 11.6. The molecule has 2 heterocycles. The number of benzene rings is 2. The Bertz CT molecular complexity index is 1030. The summed E-state index contributed by atoms with van der Waals surface area (Å²) in [4.78, 5) is 0. The van der Waals surface area contributed by atoms with E-state index in [-0.39, 0.29) is 36.2 Å². The van der Waals surface area contributed by atoms with Crippen molar-refractivity contribution < 1.29 is 49.6 Å². The zero-order valence-corrected chi connectivity index (χ0v) is 19.6. The third-order valence-electron chi connectivity index (χ3n) is 6.57. The van der Waals surface area contributed by atoms with Gasteiger partial charge < -0.3 is 49.6 Å². The molecular weight excluding hydrogens is 460 g/mol. The number of aromatic hydroxyl groups is 2. The van der Waals surface area contributed by atoms with Gasteiger partial charge >= 0.3 is 0 Å². The summed E-state index contributed by atoms with van der Waals surface area (Å²) >= 11 is 0. The van der Waals surface area contributed by atoms with E-state index < -0.39 is 42.7 Å². The number of hydrogen-bond acceptors (Lipinski definition) is 10. The van der Waals surface area contributed by atoms with Crippen molar-refractivity contribution in [1.29, 1.82) is 0 Å². The Morgan fingerprint density at radius 3 is 2.46 bits per heavy atom. The molecule has 10 nitrogen and oxygen atoms in total. The summed E-state index contributed by atoms with van der Waals surface area (Å²) in [7, 11) is 1.44. The van der Waals surface area contributed by atoms with E-state index in [9.17, 15) is 30.6 Å². The number of aliphatic hydroxyl groups excluding tert-OH is 4. The van der Waals surface area contributed by atoms with E-state index in [0.29, 0.717) is 24.0 Å². The summed E-state index contributed by atoms with van der Waals surface area (Å²) in [6.45, 7) is 1.57. The van der Waals surface area contributed by atoms with Crippen LogP contribution in [0.25, 0.3) is 0 Å². The highest BCUT2D eigenvalue weighted by Crippen LogP contribution is 2.51. The van der Waals surface area contributed by atoms with Gasteiger partial charge in [0.05, 0.1) is 25.7 Å². The molecule has 2 aromatic rings. The maximum absolute atomic E-state index is 10.7. The molecule has 0 bridgehead atoms. The maximum atomic E-state index is 10.7. The summed E-state index contributed by atoms with van der Waals surface area (Å²) in [6.07, 6.45) is -5.63. The largest absolute Gasteiger partial charge is 0.504 e. The molecule has 4 rings (SSSR count). The number of aliphatic hydroxyl groups is 4. The van der Waals surface area contributed by atoms with E-state index in [1.165, 1.54) is 13.2 Å². The van der Waals surface area contributed by atoms with Crippen molar-refractivity contribution >= 4 is 0 Å². The molecule has 1 saturated heterocycles. The van der Waals surface area contributed by atoms with E-state index in [2.05, 4.69) is 0 Å². The summed E-state index contributed by atoms with van der Waals surface area (Å²) in [6, 6.07) is 8.28. The molecule has 0 aromatic heterocycles. The molecule has 0 radical (unpaired) electrons. The molecule has 35 heavy (non-hydrogen) atoms. The third kappa shape index (κ3) is 5.04. The summed E-state index contributed by atoms with van der Waals surface area (Å²) < 4.78 is 22.8. The third-order valence-corrected chi connectivity index (χ3v) is 6.57. The zero-order valence-electron chi connectivity index (χ0n) is 19.6. The topological polar surface area (TPSA) is 158 Å². The van der Waals surface area contributed by atoms with E-state index >= 15 is 0 Å². The van der Waals surface area contributed by atoms with Gasteiger partial charge in [0.1, 0.15) is 24.4 Å². The van der Waals surface area contributed by atoms with Crippen LogP contribution in [0.4, 0.5) is 0 Å². The fourth-order valence-electron chi connectivity index (χ4n) is 4.60. The maximum Gasteiger partial charge on any atom is 0.186 e. The van der Waals surface area contributed by atoms with E-state index in [0.717, 1.165) is 5.56 Å². The van der Waals surface area contributed by atoms with Crippen molar-refractivity contribution in [2.24, 2.45) is 0 Å². The standard InChI is InChI=1S/C25H32O10/c1-12-20(29)21(30)22(31)25(34-12)33-11-16-15-8-13(4-3-7-26)9-18(28)24(15)35-23(16)14-5-6-17(27)19(10-14)32-2/h5-6,8-10,12,16,20-23,25-31H,3-4,7,11H2,1-2H3/t12-,16?,20-,21+,22+,23?,25+/m0/s1. The lowest BCUT2D eigenvalue weighted by molar-refractivity contribution is -0.294. The molecule has 2 aliphatic rings. The van der Waals surface area contributed by atoms with Gasteiger partial charge in [0.2, 0.25) is 0 Å². The molecule has 10 heteroatoms. The van der Waals surface area contributed by atoms with Crippen LogP contribution in [-0.4, -0.2) is 81.7 Å². The Morgan fingerprint density at radius 1 is 0.971 bits per heavy atom. The van der Waals surface area contributed by atoms with Crippen LogP contribution in [0.5, 0.6) is 23.0 Å². The summed E-state index contributed by atoms with van der Waals surface area (Å²) in [5.41, 5.74) is 2.15. The summed E-state index contributed by atoms with van der Waals surface area (Å²) in [5, 5.41) is 60.3. The smallest absolute Gasteiger partial charge is 0.186 e. The van der Waals surface area contributed by atoms with Crippen LogP contribution < -0.4 is 9.47 Å². The molecule has 0 amide bonds. The van der Waals surface area contributed by atoms with Crippen LogP contribution in [0, 0.1) is 0 Å². The van der Waals surface area contributed by atoms with Gasteiger partial charge in [-0.1, -0.05) is 12.1 Å². The van der Waals surface area contributed by atoms with Crippen molar-refractivity contribution in [2.75, 3.05) is 20.3 Å². The van der Waals surface area contributed by atoms with Crippen LogP contribution in [-0.2, 0) is 15.9 Å². The van der Waals surface area contributed by atoms with Gasteiger partial charge in [-0.15, -0.1) is 0 Å². The van der Waals surface area contributed by atoms with Crippen LogP contribution in [0.3, 0.4) is 0 Å². The second-order valence-electron chi connectivity index (χ2n) is 8.95. The number of methoxy groups -OCH3 is 1. The van der Waals surface area contributed by atoms with E-state index in [4.69, 9.17) is 18.9 Å². The van der Waals surface area contributed by atoms with E-state index in [1.54, 1.807) is 25.1 Å². The quantitative estimate of drug-likeness (QED) is 0.315. The highest BCUT2D eigenvalue weighted by molar-refractivity contribution is 5.55. The average Bonchev–Trinajstić information content (AvgIpc) is 3.22. The monoisotopic (exact) mass is 492 g/mol. The van der Waals surface area contributed by atoms with Gasteiger partial charge in [-0.05, 0) is 49.1 Å². The number of hydrogen-bond donors (Lipinski definition) is 6. The number of phenolic OH excluding ortho intramolecular Hbond substituents is 2. The molecule has 2 unspecified atom stereocenters. The van der Waals surface area contributed by atoms with Crippen molar-refractivity contribution in [3.8, 4) is 23.0 Å². The van der Waals surface area contributed by atoms with Crippen molar-refractivity contribution in [1.82, 2.24) is 0 Å². The Labute approximate surface area is 202 Å². The minimum absolute atomic E-state index is 0.0129. The van der Waals surface area contributed by atoms with Gasteiger partial charge in [-0.2, -0.15) is 0 Å². The van der Waals surface area contributed by atoms with Crippen molar-refractivity contribution in [3.63, 3.8) is 0 Å². The van der Waals surface area contributed by atoms with Gasteiger partial charge in [-0.3, -0.25) is 0 Å². The first-order chi connectivity index (χ1) is 16.7. The van der Waals surface area contributed by atoms with Gasteiger partial charge in [0.25, 0.3) is 0 Å². The SMILES string of the molecule is COc1cc(C2Oc3c(O)cc(CCCO)cc3C2CO[C@@H]2O[C@@H](C)[C@H](O)[C@@H](O)[C@H]2O)ccc1O. The Morgan fingerprint density at radius 2 is 1.74 bits per heavy atom. The number of fused-ring (bicyclic) bond motifs is 1. The second kappa shape index (κ2) is 10.6. The molecule has 1 fully saturated rings. The minimum atomic E-state index is -1.46. The zero-order chi connectivity index (χ0) is 25.3. The van der Waals surface area contributed by atoms with Crippen molar-refractivity contribution in [3.05, 3.63) is 47.0 Å². The number of rotatable bonds is 8. The van der Waals surface area contributed by atoms with Gasteiger partial charge in [-0.25, -0.2) is 0 Å². The van der Waals surface area contributed by atoms with Crippen LogP contribution >= 0.6 is 0 Å². The number of ether oxygens (including phenoxy) is 4. The normalized spacial score (nSPS) is 30.1. The Balaban J connectivity index is 1.65. The van der Waals surface area contributed by atoms with Gasteiger partial charge in [0.15, 0.2) is 29.3 Å². The predicted molar refractivity (Wildman–Crippen MR) is 123 cm³/mol. The minimum Gasteiger partial charge on any atom is -0.504 e. The predicted octanol–water partition coefficient (Wildman–Crippen LogP) is 1.09. The Kier molecular flexibility index (Phi) is 7.70. The van der Waals surface area contributed by atoms with Crippen molar-refractivity contribution in [2.45, 2.75) is 62.5 Å². The number of aryl methyl sites for hydroxylation is 1. The molecule has 7 atom stereocenters. The van der Waals surface area contributed by atoms with E-state index in [1.807, 2.05) is 6.07 Å². The molecule has 6 N–H and O–H groups in total. The first-order valence-electron chi connectivity index (χ1n) is 11.6. The lowest BCUT2D eigenvalue weighted by Crippen LogP contribution is -2.57. The molecule has 0 spiro atoms. The lowest BCUT2D eigenvalue weighted by Gasteiger charge is -2.39. The average molecular weight is 493 g/mol. The van der Waals surface area contributed by atoms with Crippen LogP contribution in [0.1, 0.15) is 42.1 Å². The first kappa shape index (κ1) is 25.5. The molecule has 0 aliphatic carbocycles. The second-order valence-corrected chi connectivity index (χ2v) is 8.95. The fourth-order valence-corrected chi connectivity index (χ4v) is 4.60.